The highest BCUT2D eigenvalue weighted by Crippen LogP contribution is 2.15. The number of nitrogens with zero attached hydrogens (tertiary/aromatic N) is 1. The lowest BCUT2D eigenvalue weighted by molar-refractivity contribution is -0.0268. The van der Waals surface area contributed by atoms with Crippen molar-refractivity contribution in [2.45, 2.75) is 38.8 Å². The largest absolute Gasteiger partial charge is 0.378 e. The Bertz CT molecular complexity index is 129. The normalized spacial score (nSPS) is 25.4. The Labute approximate surface area is 81.2 Å². The molecule has 0 aliphatic carbocycles. The predicted molar refractivity (Wildman–Crippen MR) is 54.7 cm³/mol. The van der Waals surface area contributed by atoms with Crippen molar-refractivity contribution in [3.8, 4) is 0 Å². The molecule has 0 bridgehead atoms. The molecule has 0 aromatic heterocycles. The highest BCUT2D eigenvalue weighted by atomic mass is 16.5. The Morgan fingerprint density at radius 1 is 1.46 bits per heavy atom. The number of nitrogens with two attached hydrogens (primary N) is 1. The first-order chi connectivity index (χ1) is 6.33. The zero-order chi connectivity index (χ0) is 9.68. The summed E-state index contributed by atoms with van der Waals surface area (Å²) in [5.74, 6) is 0. The van der Waals surface area contributed by atoms with Gasteiger partial charge in [-0.05, 0) is 12.8 Å². The summed E-state index contributed by atoms with van der Waals surface area (Å²) in [5.41, 5.74) is 5.72. The topological polar surface area (TPSA) is 38.5 Å². The SMILES string of the molecule is CCC(CC)N1CCOCC1CN. The van der Waals surface area contributed by atoms with Crippen molar-refractivity contribution in [2.75, 3.05) is 26.3 Å². The second-order valence-corrected chi connectivity index (χ2v) is 3.67. The lowest BCUT2D eigenvalue weighted by atomic mass is 10.1. The van der Waals surface area contributed by atoms with Gasteiger partial charge in [0.05, 0.1) is 13.2 Å². The van der Waals surface area contributed by atoms with Crippen LogP contribution in [0.3, 0.4) is 0 Å². The Balaban J connectivity index is 2.51. The Morgan fingerprint density at radius 3 is 2.69 bits per heavy atom. The zero-order valence-corrected chi connectivity index (χ0v) is 8.83. The Morgan fingerprint density at radius 2 is 2.15 bits per heavy atom. The molecule has 1 saturated heterocycles. The van der Waals surface area contributed by atoms with Crippen LogP contribution in [0, 0.1) is 0 Å². The van der Waals surface area contributed by atoms with Crippen LogP contribution in [-0.4, -0.2) is 43.3 Å². The summed E-state index contributed by atoms with van der Waals surface area (Å²) < 4.78 is 5.42. The second-order valence-electron chi connectivity index (χ2n) is 3.67. The molecule has 1 fully saturated rings. The van der Waals surface area contributed by atoms with E-state index >= 15 is 0 Å². The van der Waals surface area contributed by atoms with Gasteiger partial charge >= 0.3 is 0 Å². The molecule has 0 aromatic carbocycles. The minimum Gasteiger partial charge on any atom is -0.378 e. The van der Waals surface area contributed by atoms with Gasteiger partial charge in [-0.25, -0.2) is 0 Å². The molecule has 0 saturated carbocycles. The molecule has 1 rings (SSSR count). The lowest BCUT2D eigenvalue weighted by Crippen LogP contribution is -2.53. The summed E-state index contributed by atoms with van der Waals surface area (Å²) in [7, 11) is 0. The van der Waals surface area contributed by atoms with E-state index < -0.39 is 0 Å². The molecule has 0 spiro atoms. The van der Waals surface area contributed by atoms with Gasteiger partial charge in [-0.15, -0.1) is 0 Å². The first-order valence-corrected chi connectivity index (χ1v) is 5.37. The number of rotatable bonds is 4. The van der Waals surface area contributed by atoms with Crippen molar-refractivity contribution in [1.82, 2.24) is 4.90 Å². The molecule has 1 atom stereocenters. The highest BCUT2D eigenvalue weighted by Gasteiger charge is 2.26. The Hall–Kier alpha value is -0.120. The average Bonchev–Trinajstić information content (AvgIpc) is 2.20. The van der Waals surface area contributed by atoms with E-state index in [1.54, 1.807) is 0 Å². The lowest BCUT2D eigenvalue weighted by Gasteiger charge is -2.40. The quantitative estimate of drug-likeness (QED) is 0.707. The summed E-state index contributed by atoms with van der Waals surface area (Å²) >= 11 is 0. The molecule has 13 heavy (non-hydrogen) atoms. The summed E-state index contributed by atoms with van der Waals surface area (Å²) in [6.07, 6.45) is 2.43. The third kappa shape index (κ3) is 2.66. The van der Waals surface area contributed by atoms with E-state index in [1.165, 1.54) is 12.8 Å². The highest BCUT2D eigenvalue weighted by molar-refractivity contribution is 4.81. The predicted octanol–water partition coefficient (Wildman–Crippen LogP) is 0.835. The minimum absolute atomic E-state index is 0.443. The fourth-order valence-electron chi connectivity index (χ4n) is 2.11. The van der Waals surface area contributed by atoms with Crippen LogP contribution in [-0.2, 0) is 4.74 Å². The van der Waals surface area contributed by atoms with E-state index in [1.807, 2.05) is 0 Å². The standard InChI is InChI=1S/C10H22N2O/c1-3-9(4-2)12-5-6-13-8-10(12)7-11/h9-10H,3-8,11H2,1-2H3. The molecule has 2 N–H and O–H groups in total. The molecule has 1 aliphatic heterocycles. The molecule has 0 radical (unpaired) electrons. The van der Waals surface area contributed by atoms with Gasteiger partial charge in [-0.2, -0.15) is 0 Å². The summed E-state index contributed by atoms with van der Waals surface area (Å²) in [4.78, 5) is 2.52. The van der Waals surface area contributed by atoms with Crippen LogP contribution in [0.1, 0.15) is 26.7 Å². The van der Waals surface area contributed by atoms with Crippen LogP contribution in [0.15, 0.2) is 0 Å². The van der Waals surface area contributed by atoms with Crippen molar-refractivity contribution in [3.63, 3.8) is 0 Å². The van der Waals surface area contributed by atoms with Gasteiger partial charge in [0.2, 0.25) is 0 Å². The maximum atomic E-state index is 5.72. The van der Waals surface area contributed by atoms with Gasteiger partial charge in [0.25, 0.3) is 0 Å². The van der Waals surface area contributed by atoms with Crippen LogP contribution in [0.4, 0.5) is 0 Å². The van der Waals surface area contributed by atoms with Crippen molar-refractivity contribution in [2.24, 2.45) is 5.73 Å². The summed E-state index contributed by atoms with van der Waals surface area (Å²) in [6.45, 7) is 7.94. The summed E-state index contributed by atoms with van der Waals surface area (Å²) in [6, 6.07) is 1.14. The van der Waals surface area contributed by atoms with Gasteiger partial charge in [0, 0.05) is 25.2 Å². The second kappa shape index (κ2) is 5.58. The maximum Gasteiger partial charge on any atom is 0.0634 e. The van der Waals surface area contributed by atoms with Crippen molar-refractivity contribution >= 4 is 0 Å². The number of hydrogen-bond acceptors (Lipinski definition) is 3. The molecule has 0 amide bonds. The van der Waals surface area contributed by atoms with E-state index in [0.29, 0.717) is 12.1 Å². The number of ether oxygens (including phenoxy) is 1. The molecule has 1 heterocycles. The average molecular weight is 186 g/mol. The first kappa shape index (κ1) is 11.0. The van der Waals surface area contributed by atoms with Gasteiger partial charge in [-0.1, -0.05) is 13.8 Å². The third-order valence-corrected chi connectivity index (χ3v) is 2.96. The van der Waals surface area contributed by atoms with Crippen LogP contribution in [0.2, 0.25) is 0 Å². The molecule has 3 heteroatoms. The number of hydrogen-bond donors (Lipinski definition) is 1. The Kier molecular flexibility index (Phi) is 4.70. The van der Waals surface area contributed by atoms with E-state index in [0.717, 1.165) is 26.3 Å². The minimum atomic E-state index is 0.443. The fraction of sp³-hybridized carbons (Fsp3) is 1.00. The molecular formula is C10H22N2O. The smallest absolute Gasteiger partial charge is 0.0634 e. The van der Waals surface area contributed by atoms with E-state index in [2.05, 4.69) is 18.7 Å². The van der Waals surface area contributed by atoms with E-state index in [4.69, 9.17) is 10.5 Å². The monoisotopic (exact) mass is 186 g/mol. The zero-order valence-electron chi connectivity index (χ0n) is 8.83. The van der Waals surface area contributed by atoms with Crippen molar-refractivity contribution in [3.05, 3.63) is 0 Å². The molecule has 1 unspecified atom stereocenters. The molecule has 1 aliphatic rings. The van der Waals surface area contributed by atoms with Gasteiger partial charge in [0.15, 0.2) is 0 Å². The van der Waals surface area contributed by atoms with Crippen molar-refractivity contribution in [1.29, 1.82) is 0 Å². The fourth-order valence-corrected chi connectivity index (χ4v) is 2.11. The van der Waals surface area contributed by atoms with Gasteiger partial charge < -0.3 is 10.5 Å². The van der Waals surface area contributed by atoms with Crippen LogP contribution >= 0.6 is 0 Å². The third-order valence-electron chi connectivity index (χ3n) is 2.96. The van der Waals surface area contributed by atoms with Crippen molar-refractivity contribution < 1.29 is 4.74 Å². The van der Waals surface area contributed by atoms with Crippen LogP contribution in [0.25, 0.3) is 0 Å². The first-order valence-electron chi connectivity index (χ1n) is 5.37. The molecule has 78 valence electrons. The van der Waals surface area contributed by atoms with E-state index in [-0.39, 0.29) is 0 Å². The van der Waals surface area contributed by atoms with Gasteiger partial charge in [0.1, 0.15) is 0 Å². The molecular weight excluding hydrogens is 164 g/mol. The maximum absolute atomic E-state index is 5.72. The molecule has 0 aromatic rings. The number of morpholine rings is 1. The van der Waals surface area contributed by atoms with Gasteiger partial charge in [-0.3, -0.25) is 4.90 Å². The summed E-state index contributed by atoms with van der Waals surface area (Å²) in [5, 5.41) is 0. The van der Waals surface area contributed by atoms with Crippen LogP contribution in [0.5, 0.6) is 0 Å². The molecule has 3 nitrogen and oxygen atoms in total. The van der Waals surface area contributed by atoms with Crippen LogP contribution < -0.4 is 5.73 Å². The van der Waals surface area contributed by atoms with E-state index in [9.17, 15) is 0 Å².